The molecule has 1 aliphatic heterocycles. The summed E-state index contributed by atoms with van der Waals surface area (Å²) in [6.07, 6.45) is 0.749. The maximum Gasteiger partial charge on any atom is 0.295 e. The summed E-state index contributed by atoms with van der Waals surface area (Å²) in [4.78, 5) is 35.0. The second-order valence-corrected chi connectivity index (χ2v) is 9.67. The summed E-state index contributed by atoms with van der Waals surface area (Å²) in [6, 6.07) is 12.0. The molecular weight excluding hydrogens is 474 g/mol. The van der Waals surface area contributed by atoms with Gasteiger partial charge in [-0.1, -0.05) is 35.1 Å². The number of carbonyl (C=O) groups is 1. The van der Waals surface area contributed by atoms with Crippen LogP contribution >= 0.6 is 22.9 Å². The largest absolute Gasteiger partial charge is 0.451 e. The predicted octanol–water partition coefficient (Wildman–Crippen LogP) is 4.73. The van der Waals surface area contributed by atoms with Gasteiger partial charge in [-0.05, 0) is 43.2 Å². The van der Waals surface area contributed by atoms with E-state index in [0.717, 1.165) is 55.0 Å². The molecule has 0 spiro atoms. The number of aromatic nitrogens is 1. The Hall–Kier alpha value is -2.78. The molecule has 1 aliphatic rings. The van der Waals surface area contributed by atoms with Gasteiger partial charge in [-0.2, -0.15) is 0 Å². The minimum atomic E-state index is -0.382. The van der Waals surface area contributed by atoms with Gasteiger partial charge in [-0.15, -0.1) is 0 Å². The number of ether oxygens (including phenoxy) is 1. The molecule has 2 aromatic carbocycles. The first kappa shape index (κ1) is 23.0. The lowest BCUT2D eigenvalue weighted by Crippen LogP contribution is -2.39. The molecule has 1 fully saturated rings. The van der Waals surface area contributed by atoms with Crippen molar-refractivity contribution >= 4 is 55.2 Å². The van der Waals surface area contributed by atoms with E-state index >= 15 is 0 Å². The van der Waals surface area contributed by atoms with Crippen LogP contribution in [0.4, 0.5) is 5.13 Å². The number of para-hydroxylation sites is 1. The number of morpholine rings is 1. The zero-order valence-electron chi connectivity index (χ0n) is 18.8. The summed E-state index contributed by atoms with van der Waals surface area (Å²) < 4.78 is 12.2. The molecule has 1 amide bonds. The quantitative estimate of drug-likeness (QED) is 0.383. The first-order valence-corrected chi connectivity index (χ1v) is 12.4. The molecule has 9 heteroatoms. The van der Waals surface area contributed by atoms with Crippen molar-refractivity contribution in [3.05, 3.63) is 69.0 Å². The Morgan fingerprint density at radius 1 is 1.21 bits per heavy atom. The molecule has 0 radical (unpaired) electrons. The Labute approximate surface area is 205 Å². The predicted molar refractivity (Wildman–Crippen MR) is 135 cm³/mol. The number of aryl methyl sites for hydroxylation is 1. The van der Waals surface area contributed by atoms with Gasteiger partial charge in [-0.3, -0.25) is 19.4 Å². The summed E-state index contributed by atoms with van der Waals surface area (Å²) in [5.74, 6) is -0.378. The van der Waals surface area contributed by atoms with Crippen molar-refractivity contribution < 1.29 is 13.9 Å². The summed E-state index contributed by atoms with van der Waals surface area (Å²) in [6.45, 7) is 6.41. The molecule has 0 atom stereocenters. The summed E-state index contributed by atoms with van der Waals surface area (Å²) in [5.41, 5.74) is 1.79. The van der Waals surface area contributed by atoms with Crippen molar-refractivity contribution in [2.45, 2.75) is 13.3 Å². The average Bonchev–Trinajstić information content (AvgIpc) is 3.29. The number of hydrogen-bond acceptors (Lipinski definition) is 7. The maximum absolute atomic E-state index is 13.7. The lowest BCUT2D eigenvalue weighted by molar-refractivity contribution is 0.0376. The van der Waals surface area contributed by atoms with Gasteiger partial charge in [0.15, 0.2) is 16.3 Å². The van der Waals surface area contributed by atoms with Gasteiger partial charge in [0.1, 0.15) is 5.58 Å². The van der Waals surface area contributed by atoms with Crippen LogP contribution in [0.25, 0.3) is 21.2 Å². The highest BCUT2D eigenvalue weighted by Crippen LogP contribution is 2.34. The number of benzene rings is 2. The Morgan fingerprint density at radius 2 is 2.00 bits per heavy atom. The number of amides is 1. The van der Waals surface area contributed by atoms with Gasteiger partial charge in [0.2, 0.25) is 0 Å². The van der Waals surface area contributed by atoms with E-state index in [1.54, 1.807) is 29.2 Å². The van der Waals surface area contributed by atoms with E-state index in [4.69, 9.17) is 25.7 Å². The van der Waals surface area contributed by atoms with Crippen LogP contribution in [0.2, 0.25) is 5.02 Å². The molecule has 3 heterocycles. The van der Waals surface area contributed by atoms with E-state index in [9.17, 15) is 9.59 Å². The lowest BCUT2D eigenvalue weighted by Gasteiger charge is -2.27. The third kappa shape index (κ3) is 4.59. The number of rotatable bonds is 6. The number of fused-ring (bicyclic) bond motifs is 2. The van der Waals surface area contributed by atoms with Crippen molar-refractivity contribution in [3.8, 4) is 0 Å². The Balaban J connectivity index is 1.49. The van der Waals surface area contributed by atoms with Crippen LogP contribution < -0.4 is 10.3 Å². The summed E-state index contributed by atoms with van der Waals surface area (Å²) in [7, 11) is 0. The van der Waals surface area contributed by atoms with Crippen LogP contribution in [-0.4, -0.2) is 55.2 Å². The van der Waals surface area contributed by atoms with Gasteiger partial charge < -0.3 is 9.15 Å². The Kier molecular flexibility index (Phi) is 6.65. The number of carbonyl (C=O) groups excluding carboxylic acids is 1. The first-order chi connectivity index (χ1) is 16.5. The molecule has 7 nitrogen and oxygen atoms in total. The number of thiazole rings is 1. The fourth-order valence-electron chi connectivity index (χ4n) is 4.11. The second-order valence-electron chi connectivity index (χ2n) is 8.25. The smallest absolute Gasteiger partial charge is 0.295 e. The van der Waals surface area contributed by atoms with Crippen LogP contribution in [0.3, 0.4) is 0 Å². The van der Waals surface area contributed by atoms with Crippen molar-refractivity contribution in [1.82, 2.24) is 9.88 Å². The zero-order valence-corrected chi connectivity index (χ0v) is 20.3. The minimum Gasteiger partial charge on any atom is -0.451 e. The molecule has 2 aromatic heterocycles. The van der Waals surface area contributed by atoms with E-state index in [-0.39, 0.29) is 17.1 Å². The molecule has 0 N–H and O–H groups in total. The van der Waals surface area contributed by atoms with Crippen molar-refractivity contribution in [2.24, 2.45) is 0 Å². The Morgan fingerprint density at radius 3 is 2.82 bits per heavy atom. The van der Waals surface area contributed by atoms with Crippen molar-refractivity contribution in [2.75, 3.05) is 44.3 Å². The van der Waals surface area contributed by atoms with Crippen molar-refractivity contribution in [3.63, 3.8) is 0 Å². The van der Waals surface area contributed by atoms with Crippen LogP contribution in [0, 0.1) is 6.92 Å². The fraction of sp³-hybridized carbons (Fsp3) is 0.320. The third-order valence-electron chi connectivity index (χ3n) is 6.02. The van der Waals surface area contributed by atoms with Gasteiger partial charge >= 0.3 is 0 Å². The first-order valence-electron chi connectivity index (χ1n) is 11.2. The molecule has 0 saturated carbocycles. The van der Waals surface area contributed by atoms with Crippen molar-refractivity contribution in [1.29, 1.82) is 0 Å². The molecule has 176 valence electrons. The highest BCUT2D eigenvalue weighted by Gasteiger charge is 2.25. The number of halogens is 1. The number of anilines is 1. The zero-order chi connectivity index (χ0) is 23.7. The highest BCUT2D eigenvalue weighted by molar-refractivity contribution is 7.22. The molecule has 0 aliphatic carbocycles. The summed E-state index contributed by atoms with van der Waals surface area (Å²) in [5, 5.41) is 1.64. The number of hydrogen-bond donors (Lipinski definition) is 0. The minimum absolute atomic E-state index is 0.00378. The normalized spacial score (nSPS) is 14.6. The third-order valence-corrected chi connectivity index (χ3v) is 7.47. The van der Waals surface area contributed by atoms with Crippen LogP contribution in [0.1, 0.15) is 22.5 Å². The van der Waals surface area contributed by atoms with E-state index in [1.807, 2.05) is 19.1 Å². The fourth-order valence-corrected chi connectivity index (χ4v) is 5.31. The van der Waals surface area contributed by atoms with Gasteiger partial charge in [0.25, 0.3) is 5.91 Å². The molecule has 0 unspecified atom stereocenters. The van der Waals surface area contributed by atoms with Crippen LogP contribution in [0.15, 0.2) is 51.7 Å². The Bertz CT molecular complexity index is 1410. The van der Waals surface area contributed by atoms with Gasteiger partial charge in [-0.25, -0.2) is 4.98 Å². The SMILES string of the molecule is Cc1c(Cl)ccc2sc(N(CCCN3CCOCC3)C(=O)c3cc(=O)c4ccccc4o3)nc12. The highest BCUT2D eigenvalue weighted by atomic mass is 35.5. The lowest BCUT2D eigenvalue weighted by atomic mass is 10.2. The monoisotopic (exact) mass is 497 g/mol. The van der Waals surface area contributed by atoms with Crippen LogP contribution in [0.5, 0.6) is 0 Å². The standard InChI is InChI=1S/C25H24ClN3O4S/c1-16-18(26)7-8-22-23(16)27-25(34-22)29(10-4-9-28-11-13-32-14-12-28)24(31)21-15-19(30)17-5-2-3-6-20(17)33-21/h2-3,5-8,15H,4,9-14H2,1H3. The van der Waals surface area contributed by atoms with E-state index in [2.05, 4.69) is 4.90 Å². The summed E-state index contributed by atoms with van der Waals surface area (Å²) >= 11 is 7.72. The molecule has 0 bridgehead atoms. The molecule has 4 aromatic rings. The van der Waals surface area contributed by atoms with Crippen LogP contribution in [-0.2, 0) is 4.74 Å². The van der Waals surface area contributed by atoms with E-state index < -0.39 is 0 Å². The van der Waals surface area contributed by atoms with Gasteiger partial charge in [0.05, 0.1) is 28.8 Å². The van der Waals surface area contributed by atoms with E-state index in [1.165, 1.54) is 17.4 Å². The van der Waals surface area contributed by atoms with E-state index in [0.29, 0.717) is 27.7 Å². The average molecular weight is 498 g/mol. The second kappa shape index (κ2) is 9.84. The number of nitrogens with zero attached hydrogens (tertiary/aromatic N) is 3. The topological polar surface area (TPSA) is 75.9 Å². The van der Waals surface area contributed by atoms with Gasteiger partial charge in [0, 0.05) is 37.3 Å². The maximum atomic E-state index is 13.7. The molecule has 5 rings (SSSR count). The molecular formula is C25H24ClN3O4S. The molecule has 34 heavy (non-hydrogen) atoms. The molecule has 1 saturated heterocycles.